The van der Waals surface area contributed by atoms with Gasteiger partial charge in [0.05, 0.1) is 0 Å². The fraction of sp³-hybridized carbons (Fsp3) is 0.235. The Kier molecular flexibility index (Phi) is 4.51. The summed E-state index contributed by atoms with van der Waals surface area (Å²) in [5.74, 6) is -0.340. The summed E-state index contributed by atoms with van der Waals surface area (Å²) < 4.78 is 13.0. The average molecular weight is 271 g/mol. The van der Waals surface area contributed by atoms with Crippen LogP contribution in [-0.4, -0.2) is 12.5 Å². The molecule has 104 valence electrons. The van der Waals surface area contributed by atoms with Gasteiger partial charge in [-0.05, 0) is 61.2 Å². The highest BCUT2D eigenvalue weighted by molar-refractivity contribution is 5.94. The van der Waals surface area contributed by atoms with Gasteiger partial charge in [-0.1, -0.05) is 18.2 Å². The van der Waals surface area contributed by atoms with Crippen molar-refractivity contribution >= 4 is 5.91 Å². The molecule has 1 N–H and O–H groups in total. The molecule has 0 aliphatic carbocycles. The van der Waals surface area contributed by atoms with Crippen molar-refractivity contribution in [2.75, 3.05) is 6.54 Å². The predicted molar refractivity (Wildman–Crippen MR) is 78.4 cm³/mol. The van der Waals surface area contributed by atoms with Crippen molar-refractivity contribution in [3.8, 4) is 0 Å². The molecule has 0 atom stereocenters. The first kappa shape index (κ1) is 14.3. The molecule has 2 aromatic carbocycles. The summed E-state index contributed by atoms with van der Waals surface area (Å²) in [5.41, 5.74) is 3.81. The number of aryl methyl sites for hydroxylation is 2. The molecule has 0 saturated heterocycles. The minimum absolute atomic E-state index is 0.0931. The van der Waals surface area contributed by atoms with Crippen molar-refractivity contribution in [2.45, 2.75) is 20.3 Å². The maximum Gasteiger partial charge on any atom is 0.251 e. The van der Waals surface area contributed by atoms with E-state index in [4.69, 9.17) is 0 Å². The van der Waals surface area contributed by atoms with Gasteiger partial charge in [-0.15, -0.1) is 0 Å². The predicted octanol–water partition coefficient (Wildman–Crippen LogP) is 3.42. The Balaban J connectivity index is 1.90. The van der Waals surface area contributed by atoms with Crippen molar-refractivity contribution < 1.29 is 9.18 Å². The van der Waals surface area contributed by atoms with Crippen LogP contribution in [0.1, 0.15) is 27.0 Å². The lowest BCUT2D eigenvalue weighted by Gasteiger charge is -2.07. The number of nitrogens with one attached hydrogen (secondary N) is 1. The van der Waals surface area contributed by atoms with Crippen molar-refractivity contribution in [3.05, 3.63) is 70.5 Å². The molecule has 0 saturated carbocycles. The summed E-state index contributed by atoms with van der Waals surface area (Å²) in [4.78, 5) is 12.0. The largest absolute Gasteiger partial charge is 0.352 e. The van der Waals surface area contributed by atoms with Crippen LogP contribution in [0.15, 0.2) is 42.5 Å². The molecule has 0 spiro atoms. The number of halogens is 1. The number of carbonyl (C=O) groups is 1. The van der Waals surface area contributed by atoms with E-state index in [9.17, 15) is 9.18 Å². The second-order valence-electron chi connectivity index (χ2n) is 4.93. The van der Waals surface area contributed by atoms with Gasteiger partial charge in [0.15, 0.2) is 0 Å². The normalized spacial score (nSPS) is 10.3. The van der Waals surface area contributed by atoms with E-state index >= 15 is 0 Å². The zero-order valence-electron chi connectivity index (χ0n) is 11.7. The van der Waals surface area contributed by atoms with Gasteiger partial charge in [-0.2, -0.15) is 0 Å². The Morgan fingerprint density at radius 2 is 1.90 bits per heavy atom. The van der Waals surface area contributed by atoms with Crippen LogP contribution in [0.2, 0.25) is 0 Å². The van der Waals surface area contributed by atoms with Crippen molar-refractivity contribution in [1.29, 1.82) is 0 Å². The Hall–Kier alpha value is -2.16. The summed E-state index contributed by atoms with van der Waals surface area (Å²) >= 11 is 0. The van der Waals surface area contributed by atoms with Crippen LogP contribution in [0.4, 0.5) is 4.39 Å². The number of amides is 1. The SMILES string of the molecule is Cc1ccc(C(=O)NCCc2cccc(F)c2)cc1C. The van der Waals surface area contributed by atoms with Crippen LogP contribution >= 0.6 is 0 Å². The summed E-state index contributed by atoms with van der Waals surface area (Å²) in [7, 11) is 0. The number of carbonyl (C=O) groups excluding carboxylic acids is 1. The fourth-order valence-electron chi connectivity index (χ4n) is 2.00. The van der Waals surface area contributed by atoms with Crippen LogP contribution in [-0.2, 0) is 6.42 Å². The average Bonchev–Trinajstić information content (AvgIpc) is 2.42. The number of hydrogen-bond acceptors (Lipinski definition) is 1. The molecular weight excluding hydrogens is 253 g/mol. The van der Waals surface area contributed by atoms with Crippen molar-refractivity contribution in [1.82, 2.24) is 5.32 Å². The van der Waals surface area contributed by atoms with E-state index in [1.807, 2.05) is 38.1 Å². The lowest BCUT2D eigenvalue weighted by Crippen LogP contribution is -2.25. The van der Waals surface area contributed by atoms with Gasteiger partial charge in [0, 0.05) is 12.1 Å². The second-order valence-corrected chi connectivity index (χ2v) is 4.93. The molecule has 0 unspecified atom stereocenters. The van der Waals surface area contributed by atoms with Crippen LogP contribution < -0.4 is 5.32 Å². The molecule has 20 heavy (non-hydrogen) atoms. The maximum atomic E-state index is 13.0. The van der Waals surface area contributed by atoms with Gasteiger partial charge < -0.3 is 5.32 Å². The first-order valence-corrected chi connectivity index (χ1v) is 6.66. The highest BCUT2D eigenvalue weighted by Crippen LogP contribution is 2.09. The van der Waals surface area contributed by atoms with Gasteiger partial charge in [-0.25, -0.2) is 4.39 Å². The van der Waals surface area contributed by atoms with E-state index < -0.39 is 0 Å². The highest BCUT2D eigenvalue weighted by Gasteiger charge is 2.06. The monoisotopic (exact) mass is 271 g/mol. The summed E-state index contributed by atoms with van der Waals surface area (Å²) in [6, 6.07) is 12.1. The van der Waals surface area contributed by atoms with E-state index in [1.165, 1.54) is 17.7 Å². The lowest BCUT2D eigenvalue weighted by atomic mass is 10.1. The molecule has 0 heterocycles. The number of hydrogen-bond donors (Lipinski definition) is 1. The molecule has 3 heteroatoms. The van der Waals surface area contributed by atoms with Crippen LogP contribution in [0, 0.1) is 19.7 Å². The molecule has 0 aliphatic rings. The Morgan fingerprint density at radius 3 is 2.60 bits per heavy atom. The first-order chi connectivity index (χ1) is 9.56. The van der Waals surface area contributed by atoms with E-state index in [1.54, 1.807) is 6.07 Å². The van der Waals surface area contributed by atoms with Crippen molar-refractivity contribution in [2.24, 2.45) is 0 Å². The molecule has 0 aliphatic heterocycles. The molecule has 0 radical (unpaired) electrons. The van der Waals surface area contributed by atoms with E-state index in [0.717, 1.165) is 11.1 Å². The third kappa shape index (κ3) is 3.67. The van der Waals surface area contributed by atoms with Gasteiger partial charge in [0.1, 0.15) is 5.82 Å². The third-order valence-corrected chi connectivity index (χ3v) is 3.36. The molecule has 2 rings (SSSR count). The summed E-state index contributed by atoms with van der Waals surface area (Å²) in [6.45, 7) is 4.50. The smallest absolute Gasteiger partial charge is 0.251 e. The van der Waals surface area contributed by atoms with Crippen molar-refractivity contribution in [3.63, 3.8) is 0 Å². The summed E-state index contributed by atoms with van der Waals surface area (Å²) in [5, 5.41) is 2.85. The first-order valence-electron chi connectivity index (χ1n) is 6.66. The summed E-state index contributed by atoms with van der Waals surface area (Å²) in [6.07, 6.45) is 0.619. The lowest BCUT2D eigenvalue weighted by molar-refractivity contribution is 0.0954. The standard InChI is InChI=1S/C17H18FNO/c1-12-6-7-15(10-13(12)2)17(20)19-9-8-14-4-3-5-16(18)11-14/h3-7,10-11H,8-9H2,1-2H3,(H,19,20). The van der Waals surface area contributed by atoms with Gasteiger partial charge >= 0.3 is 0 Å². The van der Waals surface area contributed by atoms with E-state index in [-0.39, 0.29) is 11.7 Å². The molecule has 0 bridgehead atoms. The minimum Gasteiger partial charge on any atom is -0.352 e. The highest BCUT2D eigenvalue weighted by atomic mass is 19.1. The van der Waals surface area contributed by atoms with Crippen LogP contribution in [0.3, 0.4) is 0 Å². The number of benzene rings is 2. The van der Waals surface area contributed by atoms with E-state index in [0.29, 0.717) is 18.5 Å². The zero-order valence-corrected chi connectivity index (χ0v) is 11.7. The Labute approximate surface area is 118 Å². The number of rotatable bonds is 4. The molecule has 0 fully saturated rings. The fourth-order valence-corrected chi connectivity index (χ4v) is 2.00. The Morgan fingerprint density at radius 1 is 1.10 bits per heavy atom. The third-order valence-electron chi connectivity index (χ3n) is 3.36. The van der Waals surface area contributed by atoms with Crippen LogP contribution in [0.25, 0.3) is 0 Å². The topological polar surface area (TPSA) is 29.1 Å². The van der Waals surface area contributed by atoms with Gasteiger partial charge in [-0.3, -0.25) is 4.79 Å². The molecule has 2 aromatic rings. The molecule has 2 nitrogen and oxygen atoms in total. The van der Waals surface area contributed by atoms with E-state index in [2.05, 4.69) is 5.32 Å². The molecule has 1 amide bonds. The maximum absolute atomic E-state index is 13.0. The quantitative estimate of drug-likeness (QED) is 0.907. The zero-order chi connectivity index (χ0) is 14.5. The van der Waals surface area contributed by atoms with Gasteiger partial charge in [0.25, 0.3) is 5.91 Å². The van der Waals surface area contributed by atoms with Gasteiger partial charge in [0.2, 0.25) is 0 Å². The Bertz CT molecular complexity index is 622. The van der Waals surface area contributed by atoms with Crippen LogP contribution in [0.5, 0.6) is 0 Å². The second kappa shape index (κ2) is 6.33. The molecular formula is C17H18FNO. The minimum atomic E-state index is -0.247. The molecule has 0 aromatic heterocycles.